The number of nitro benzene ring substituents is 1. The van der Waals surface area contributed by atoms with Crippen molar-refractivity contribution in [2.24, 2.45) is 11.8 Å². The van der Waals surface area contributed by atoms with Crippen molar-refractivity contribution in [3.8, 4) is 0 Å². The summed E-state index contributed by atoms with van der Waals surface area (Å²) < 4.78 is 11.9. The molecule has 218 valence electrons. The van der Waals surface area contributed by atoms with E-state index in [4.69, 9.17) is 9.16 Å². The third-order valence-corrected chi connectivity index (χ3v) is 13.7. The van der Waals surface area contributed by atoms with Crippen LogP contribution in [0.15, 0.2) is 35.5 Å². The molecule has 1 N–H and O–H groups in total. The number of β-amino-alcohol motifs (C(OH)–C–C–N with tert-alkyl or cyclic N) is 1. The number of esters is 2. The third-order valence-electron chi connectivity index (χ3n) is 9.00. The lowest BCUT2D eigenvalue weighted by molar-refractivity contribution is -0.384. The average molecular weight is 574 g/mol. The van der Waals surface area contributed by atoms with Crippen molar-refractivity contribution in [3.05, 3.63) is 51.2 Å². The highest BCUT2D eigenvalue weighted by atomic mass is 28.4. The second kappa shape index (κ2) is 11.9. The summed E-state index contributed by atoms with van der Waals surface area (Å²) in [5.74, 6) is -2.69. The Hall–Kier alpha value is -2.93. The molecule has 2 fully saturated rings. The van der Waals surface area contributed by atoms with Gasteiger partial charge in [-0.15, -0.1) is 0 Å². The number of hydrogen-bond acceptors (Lipinski definition) is 9. The molecule has 4 rings (SSSR count). The van der Waals surface area contributed by atoms with Crippen LogP contribution < -0.4 is 0 Å². The van der Waals surface area contributed by atoms with E-state index in [0.29, 0.717) is 31.6 Å². The van der Waals surface area contributed by atoms with Crippen LogP contribution in [0.3, 0.4) is 0 Å². The summed E-state index contributed by atoms with van der Waals surface area (Å²) >= 11 is 0. The lowest BCUT2D eigenvalue weighted by Gasteiger charge is -2.49. The fourth-order valence-electron chi connectivity index (χ4n) is 6.40. The first-order valence-electron chi connectivity index (χ1n) is 14.1. The Kier molecular flexibility index (Phi) is 8.93. The van der Waals surface area contributed by atoms with E-state index in [1.165, 1.54) is 17.0 Å². The standard InChI is InChI=1S/C28H39N3O8Si/c1-6-40(7-2,8-3)39-18(5)23-24-17(4)22(16-29-14-13-21(32)15-29)25(30(24)26(23)33)28(35)38-27(34)19-9-11-20(12-10-19)31(36)37/h9-12,17-18,21,23-24,32H,6-8,13-16H2,1-5H3/t17-,18+,21-,23+,24+/m0/s1. The topological polar surface area (TPSA) is 140 Å². The molecule has 1 aromatic carbocycles. The van der Waals surface area contributed by atoms with E-state index in [0.717, 1.165) is 30.3 Å². The van der Waals surface area contributed by atoms with Crippen molar-refractivity contribution in [2.75, 3.05) is 19.6 Å². The van der Waals surface area contributed by atoms with Crippen LogP contribution in [-0.4, -0.2) is 83.9 Å². The summed E-state index contributed by atoms with van der Waals surface area (Å²) in [5, 5.41) is 21.0. The van der Waals surface area contributed by atoms with Crippen LogP contribution in [0.25, 0.3) is 0 Å². The van der Waals surface area contributed by atoms with Gasteiger partial charge < -0.3 is 19.2 Å². The maximum Gasteiger partial charge on any atom is 0.362 e. The molecule has 0 saturated carbocycles. The molecule has 1 amide bonds. The Labute approximate surface area is 235 Å². The third kappa shape index (κ3) is 5.49. The zero-order chi connectivity index (χ0) is 29.4. The summed E-state index contributed by atoms with van der Waals surface area (Å²) in [6.07, 6.45) is -0.140. The number of carbonyl (C=O) groups excluding carboxylic acids is 3. The summed E-state index contributed by atoms with van der Waals surface area (Å²) in [5.41, 5.74) is 0.574. The molecular weight excluding hydrogens is 534 g/mol. The van der Waals surface area contributed by atoms with Gasteiger partial charge in [-0.05, 0) is 49.2 Å². The molecule has 1 aromatic rings. The highest BCUT2D eigenvalue weighted by Crippen LogP contribution is 2.49. The first kappa shape index (κ1) is 30.0. The zero-order valence-electron chi connectivity index (χ0n) is 23.8. The van der Waals surface area contributed by atoms with Crippen molar-refractivity contribution in [2.45, 2.75) is 77.4 Å². The molecular formula is C28H39N3O8Si. The van der Waals surface area contributed by atoms with Gasteiger partial charge in [0.05, 0.1) is 34.7 Å². The van der Waals surface area contributed by atoms with Crippen LogP contribution in [-0.2, 0) is 18.8 Å². The first-order valence-corrected chi connectivity index (χ1v) is 16.6. The summed E-state index contributed by atoms with van der Waals surface area (Å²) in [6.45, 7) is 11.8. The van der Waals surface area contributed by atoms with Gasteiger partial charge in [0.25, 0.3) is 5.69 Å². The molecule has 3 aliphatic heterocycles. The second-order valence-corrected chi connectivity index (χ2v) is 15.8. The molecule has 0 bridgehead atoms. The van der Waals surface area contributed by atoms with Gasteiger partial charge in [-0.1, -0.05) is 27.7 Å². The van der Waals surface area contributed by atoms with Crippen molar-refractivity contribution >= 4 is 31.9 Å². The predicted octanol–water partition coefficient (Wildman–Crippen LogP) is 3.49. The van der Waals surface area contributed by atoms with Crippen molar-refractivity contribution < 1.29 is 33.6 Å². The monoisotopic (exact) mass is 573 g/mol. The molecule has 3 aliphatic rings. The van der Waals surface area contributed by atoms with Gasteiger partial charge in [-0.3, -0.25) is 19.8 Å². The highest BCUT2D eigenvalue weighted by Gasteiger charge is 2.61. The molecule has 0 spiro atoms. The van der Waals surface area contributed by atoms with E-state index in [2.05, 4.69) is 20.8 Å². The number of fused-ring (bicyclic) bond motifs is 1. The lowest BCUT2D eigenvalue weighted by Crippen LogP contribution is -2.65. The van der Waals surface area contributed by atoms with E-state index in [-0.39, 0.29) is 40.9 Å². The number of benzene rings is 1. The minimum atomic E-state index is -1.98. The number of rotatable bonds is 11. The molecule has 0 aliphatic carbocycles. The molecule has 5 atom stereocenters. The zero-order valence-corrected chi connectivity index (χ0v) is 24.8. The minimum Gasteiger partial charge on any atom is -0.413 e. The van der Waals surface area contributed by atoms with Gasteiger partial charge in [0.2, 0.25) is 5.91 Å². The Morgan fingerprint density at radius 3 is 2.30 bits per heavy atom. The van der Waals surface area contributed by atoms with Crippen molar-refractivity contribution in [3.63, 3.8) is 0 Å². The van der Waals surface area contributed by atoms with Gasteiger partial charge in [0.1, 0.15) is 5.70 Å². The lowest BCUT2D eigenvalue weighted by atomic mass is 9.77. The molecule has 12 heteroatoms. The van der Waals surface area contributed by atoms with E-state index in [1.807, 2.05) is 18.7 Å². The molecule has 11 nitrogen and oxygen atoms in total. The first-order chi connectivity index (χ1) is 19.0. The highest BCUT2D eigenvalue weighted by molar-refractivity contribution is 6.73. The number of hydrogen-bond donors (Lipinski definition) is 1. The SMILES string of the molecule is CC[Si](CC)(CC)O[C@H](C)[C@H]1C(=O)N2C(C(=O)OC(=O)c3ccc([N+](=O)[O-])cc3)=C(CN3CC[C@H](O)C3)[C@H](C)[C@H]12. The van der Waals surface area contributed by atoms with Crippen LogP contribution in [0.2, 0.25) is 18.1 Å². The molecule has 2 saturated heterocycles. The van der Waals surface area contributed by atoms with Crippen LogP contribution in [0.4, 0.5) is 5.69 Å². The summed E-state index contributed by atoms with van der Waals surface area (Å²) in [4.78, 5) is 53.7. The van der Waals surface area contributed by atoms with E-state index in [9.17, 15) is 29.6 Å². The number of carbonyl (C=O) groups is 3. The Morgan fingerprint density at radius 1 is 1.15 bits per heavy atom. The summed E-state index contributed by atoms with van der Waals surface area (Å²) in [6, 6.07) is 7.35. The fraction of sp³-hybridized carbons (Fsp3) is 0.607. The Morgan fingerprint density at radius 2 is 1.77 bits per heavy atom. The quantitative estimate of drug-likeness (QED) is 0.105. The van der Waals surface area contributed by atoms with Crippen molar-refractivity contribution in [1.29, 1.82) is 0 Å². The molecule has 0 unspecified atom stereocenters. The van der Waals surface area contributed by atoms with Crippen LogP contribution in [0.1, 0.15) is 51.4 Å². The number of aliphatic hydroxyl groups is 1. The summed E-state index contributed by atoms with van der Waals surface area (Å²) in [7, 11) is -1.98. The van der Waals surface area contributed by atoms with Crippen LogP contribution >= 0.6 is 0 Å². The maximum absolute atomic E-state index is 13.6. The number of amides is 1. The number of non-ortho nitro benzene ring substituents is 1. The number of β-lactam (4-membered cyclic amide) rings is 1. The fourth-order valence-corrected chi connectivity index (χ4v) is 9.34. The number of likely N-dealkylation sites (tertiary alicyclic amines) is 1. The van der Waals surface area contributed by atoms with E-state index in [1.54, 1.807) is 0 Å². The Bertz CT molecular complexity index is 1190. The molecule has 0 radical (unpaired) electrons. The predicted molar refractivity (Wildman–Crippen MR) is 149 cm³/mol. The second-order valence-electron chi connectivity index (χ2n) is 11.1. The molecule has 3 heterocycles. The minimum absolute atomic E-state index is 0.0128. The Balaban J connectivity index is 1.59. The number of nitro groups is 1. The normalized spacial score (nSPS) is 25.6. The van der Waals surface area contributed by atoms with Gasteiger partial charge in [0, 0.05) is 37.7 Å². The molecule has 0 aromatic heterocycles. The number of ether oxygens (including phenoxy) is 1. The van der Waals surface area contributed by atoms with Gasteiger partial charge in [-0.2, -0.15) is 0 Å². The van der Waals surface area contributed by atoms with E-state index < -0.39 is 37.2 Å². The maximum atomic E-state index is 13.6. The largest absolute Gasteiger partial charge is 0.413 e. The molecule has 40 heavy (non-hydrogen) atoms. The number of aliphatic hydroxyl groups excluding tert-OH is 1. The number of nitrogens with zero attached hydrogens (tertiary/aromatic N) is 3. The average Bonchev–Trinajstić information content (AvgIpc) is 3.45. The van der Waals surface area contributed by atoms with Gasteiger partial charge in [-0.25, -0.2) is 9.59 Å². The van der Waals surface area contributed by atoms with Gasteiger partial charge >= 0.3 is 11.9 Å². The van der Waals surface area contributed by atoms with Crippen LogP contribution in [0, 0.1) is 22.0 Å². The smallest absolute Gasteiger partial charge is 0.362 e. The van der Waals surface area contributed by atoms with Crippen LogP contribution in [0.5, 0.6) is 0 Å². The van der Waals surface area contributed by atoms with Crippen molar-refractivity contribution in [1.82, 2.24) is 9.80 Å². The van der Waals surface area contributed by atoms with Gasteiger partial charge in [0.15, 0.2) is 8.32 Å². The van der Waals surface area contributed by atoms with E-state index >= 15 is 0 Å².